The molecular formula is C40H48N4Zn. The molecule has 1 aromatic carbocycles. The second-order valence-electron chi connectivity index (χ2n) is 12.5. The molecule has 0 fully saturated rings. The van der Waals surface area contributed by atoms with E-state index in [9.17, 15) is 0 Å². The zero-order valence-electron chi connectivity index (χ0n) is 29.0. The standard InChI is InChI=1S/C40H48N4.Zn/c1-10-24-25(11-2)33-21-34-28(14-5)29(15-6)38(43-34)30-19-18-23(9)37-39(30)44-36(40(37,16-7)17-8)22-35-27(13-4)26(12-3)32(42-35)20-31(24)41-33;/h18-22H,10-17H2,1-9H3;/q-2;+2. The monoisotopic (exact) mass is 648 g/mol. The molecule has 5 heterocycles. The fourth-order valence-corrected chi connectivity index (χ4v) is 8.36. The van der Waals surface area contributed by atoms with Crippen molar-refractivity contribution in [1.29, 1.82) is 0 Å². The van der Waals surface area contributed by atoms with Crippen LogP contribution in [0.15, 0.2) is 30.3 Å². The first-order chi connectivity index (χ1) is 21.3. The van der Waals surface area contributed by atoms with Gasteiger partial charge < -0.3 is 9.97 Å². The summed E-state index contributed by atoms with van der Waals surface area (Å²) < 4.78 is 0. The van der Waals surface area contributed by atoms with Gasteiger partial charge in [0, 0.05) is 5.41 Å². The molecule has 0 saturated carbocycles. The molecule has 0 unspecified atom stereocenters. The summed E-state index contributed by atoms with van der Waals surface area (Å²) in [7, 11) is 0. The van der Waals surface area contributed by atoms with E-state index in [1.54, 1.807) is 0 Å². The van der Waals surface area contributed by atoms with Crippen molar-refractivity contribution in [3.63, 3.8) is 0 Å². The maximum absolute atomic E-state index is 5.56. The van der Waals surface area contributed by atoms with E-state index in [4.69, 9.17) is 19.9 Å². The molecule has 3 aromatic heterocycles. The molecule has 0 saturated heterocycles. The summed E-state index contributed by atoms with van der Waals surface area (Å²) in [6.45, 7) is 20.4. The van der Waals surface area contributed by atoms with E-state index in [1.165, 1.54) is 44.5 Å². The number of nitrogens with zero attached hydrogens (tertiary/aromatic N) is 4. The smallest absolute Gasteiger partial charge is 0.657 e. The largest absolute Gasteiger partial charge is 2.00 e. The zero-order valence-corrected chi connectivity index (χ0v) is 32.0. The average Bonchev–Trinajstić information content (AvgIpc) is 3.75. The first-order valence-corrected chi connectivity index (χ1v) is 17.2. The van der Waals surface area contributed by atoms with Gasteiger partial charge in [0.15, 0.2) is 0 Å². The van der Waals surface area contributed by atoms with E-state index >= 15 is 0 Å². The molecule has 45 heavy (non-hydrogen) atoms. The summed E-state index contributed by atoms with van der Waals surface area (Å²) in [5.74, 6) is 0. The third-order valence-corrected chi connectivity index (χ3v) is 10.6. The fraction of sp³-hybridized carbons (Fsp3) is 0.450. The van der Waals surface area contributed by atoms with Gasteiger partial charge in [-0.15, -0.1) is 22.1 Å². The summed E-state index contributed by atoms with van der Waals surface area (Å²) in [4.78, 5) is 21.7. The summed E-state index contributed by atoms with van der Waals surface area (Å²) in [5.41, 5.74) is 19.2. The number of allylic oxidation sites excluding steroid dienone is 2. The Kier molecular flexibility index (Phi) is 9.62. The minimum atomic E-state index is -0.155. The van der Waals surface area contributed by atoms with Crippen molar-refractivity contribution < 1.29 is 19.5 Å². The van der Waals surface area contributed by atoms with Crippen molar-refractivity contribution in [3.8, 4) is 0 Å². The normalized spacial score (nSPS) is 14.1. The van der Waals surface area contributed by atoms with Crippen molar-refractivity contribution in [1.82, 2.24) is 19.9 Å². The van der Waals surface area contributed by atoms with Gasteiger partial charge in [-0.1, -0.05) is 108 Å². The van der Waals surface area contributed by atoms with E-state index < -0.39 is 0 Å². The predicted octanol–water partition coefficient (Wildman–Crippen LogP) is 10.1. The van der Waals surface area contributed by atoms with Crippen LogP contribution >= 0.6 is 0 Å². The molecule has 0 radical (unpaired) electrons. The molecule has 0 spiro atoms. The van der Waals surface area contributed by atoms with E-state index in [-0.39, 0.29) is 24.9 Å². The SMILES string of the molecule is CCC1=C(CC)c2cc3[n-]c(c(CC)c3CC)c3ccc(C)c4c3nc(cc3[n-]c(cc1n2)c(CC)c3CC)C4(CC)CC.[Zn+2]. The number of rotatable bonds is 8. The molecule has 0 atom stereocenters. The van der Waals surface area contributed by atoms with E-state index in [2.05, 4.69) is 92.6 Å². The number of hydrogen-bond acceptors (Lipinski definition) is 2. The van der Waals surface area contributed by atoms with Gasteiger partial charge in [0.25, 0.3) is 0 Å². The van der Waals surface area contributed by atoms with Gasteiger partial charge >= 0.3 is 19.5 Å². The molecule has 8 bridgehead atoms. The van der Waals surface area contributed by atoms with Crippen LogP contribution in [0.2, 0.25) is 0 Å². The summed E-state index contributed by atoms with van der Waals surface area (Å²) >= 11 is 0. The quantitative estimate of drug-likeness (QED) is 0.178. The molecule has 0 aliphatic carbocycles. The Bertz CT molecular complexity index is 1970. The van der Waals surface area contributed by atoms with Crippen LogP contribution in [0, 0.1) is 6.92 Å². The Balaban J connectivity index is 0.00000400. The molecule has 0 N–H and O–H groups in total. The Morgan fingerprint density at radius 1 is 0.600 bits per heavy atom. The summed E-state index contributed by atoms with van der Waals surface area (Å²) in [5, 5.41) is 1.16. The number of benzene rings is 1. The molecule has 230 valence electrons. The topological polar surface area (TPSA) is 54.0 Å². The summed E-state index contributed by atoms with van der Waals surface area (Å²) in [6, 6.07) is 11.4. The van der Waals surface area contributed by atoms with Gasteiger partial charge in [-0.2, -0.15) is 0 Å². The van der Waals surface area contributed by atoms with Crippen molar-refractivity contribution >= 4 is 44.1 Å². The van der Waals surface area contributed by atoms with Crippen LogP contribution in [0.4, 0.5) is 0 Å². The van der Waals surface area contributed by atoms with Crippen molar-refractivity contribution in [3.05, 3.63) is 80.8 Å². The Morgan fingerprint density at radius 3 is 1.62 bits per heavy atom. The van der Waals surface area contributed by atoms with Crippen LogP contribution in [0.25, 0.3) is 44.1 Å². The van der Waals surface area contributed by atoms with E-state index in [0.29, 0.717) is 0 Å². The van der Waals surface area contributed by atoms with Gasteiger partial charge in [0.1, 0.15) is 0 Å². The molecule has 2 aliphatic heterocycles. The Morgan fingerprint density at radius 2 is 1.11 bits per heavy atom. The van der Waals surface area contributed by atoms with Gasteiger partial charge in [-0.05, 0) is 85.9 Å². The van der Waals surface area contributed by atoms with Gasteiger partial charge in [0.05, 0.1) is 22.6 Å². The minimum Gasteiger partial charge on any atom is -0.657 e. The van der Waals surface area contributed by atoms with Crippen LogP contribution in [0.3, 0.4) is 0 Å². The molecule has 0 amide bonds. The van der Waals surface area contributed by atoms with Gasteiger partial charge in [-0.25, -0.2) is 4.98 Å². The molecule has 4 nitrogen and oxygen atoms in total. The number of fused-ring (bicyclic) bond motifs is 8. The molecular weight excluding hydrogens is 602 g/mol. The maximum atomic E-state index is 5.56. The first-order valence-electron chi connectivity index (χ1n) is 17.2. The molecule has 2 aliphatic rings. The predicted molar refractivity (Wildman–Crippen MR) is 187 cm³/mol. The molecule has 5 heteroatoms. The Labute approximate surface area is 282 Å². The number of hydrogen-bond donors (Lipinski definition) is 0. The fourth-order valence-electron chi connectivity index (χ4n) is 8.36. The van der Waals surface area contributed by atoms with Crippen molar-refractivity contribution in [2.24, 2.45) is 0 Å². The molecule has 6 rings (SSSR count). The van der Waals surface area contributed by atoms with Crippen LogP contribution in [-0.2, 0) is 50.6 Å². The van der Waals surface area contributed by atoms with Crippen molar-refractivity contribution in [2.45, 2.75) is 119 Å². The van der Waals surface area contributed by atoms with Crippen LogP contribution in [0.1, 0.15) is 132 Å². The third kappa shape index (κ3) is 4.96. The van der Waals surface area contributed by atoms with Gasteiger partial charge in [0.2, 0.25) is 0 Å². The van der Waals surface area contributed by atoms with E-state index in [0.717, 1.165) is 101 Å². The maximum Gasteiger partial charge on any atom is 2.00 e. The van der Waals surface area contributed by atoms with Gasteiger partial charge in [-0.3, -0.25) is 4.98 Å². The third-order valence-electron chi connectivity index (χ3n) is 10.6. The second kappa shape index (κ2) is 13.0. The number of aryl methyl sites for hydroxylation is 5. The van der Waals surface area contributed by atoms with E-state index in [1.807, 2.05) is 0 Å². The zero-order chi connectivity index (χ0) is 31.3. The van der Waals surface area contributed by atoms with Crippen LogP contribution in [-0.4, -0.2) is 9.97 Å². The van der Waals surface area contributed by atoms with Crippen LogP contribution < -0.4 is 9.97 Å². The van der Waals surface area contributed by atoms with Crippen molar-refractivity contribution in [2.75, 3.05) is 0 Å². The Hall–Kier alpha value is -3.04. The average molecular weight is 650 g/mol. The summed E-state index contributed by atoms with van der Waals surface area (Å²) in [6.07, 6.45) is 7.63. The minimum absolute atomic E-state index is 0. The second-order valence-corrected chi connectivity index (χ2v) is 12.5. The van der Waals surface area contributed by atoms with Crippen LogP contribution in [0.5, 0.6) is 0 Å². The first kappa shape index (κ1) is 33.3. The number of aromatic nitrogens is 4. The molecule has 4 aromatic rings.